The van der Waals surface area contributed by atoms with Crippen LogP contribution in [0.1, 0.15) is 0 Å². The van der Waals surface area contributed by atoms with E-state index in [1.54, 1.807) is 0 Å². The van der Waals surface area contributed by atoms with Gasteiger partial charge in [-0.1, -0.05) is 0 Å². The van der Waals surface area contributed by atoms with Gasteiger partial charge in [-0.05, 0) is 23.5 Å². The Morgan fingerprint density at radius 3 is 2.27 bits per heavy atom. The minimum absolute atomic E-state index is 0.0896. The molecule has 0 heterocycles. The van der Waals surface area contributed by atoms with Crippen LogP contribution in [0.15, 0.2) is 0 Å². The van der Waals surface area contributed by atoms with Crippen LogP contribution in [0.25, 0.3) is 0 Å². The van der Waals surface area contributed by atoms with Crippen molar-refractivity contribution in [1.29, 1.82) is 0 Å². The van der Waals surface area contributed by atoms with E-state index in [2.05, 4.69) is 0 Å². The number of hydrogen-bond acceptors (Lipinski definition) is 5. The van der Waals surface area contributed by atoms with Crippen LogP contribution >= 0.6 is 23.5 Å². The summed E-state index contributed by atoms with van der Waals surface area (Å²) >= 11 is 1.10. The van der Waals surface area contributed by atoms with E-state index in [9.17, 15) is 9.59 Å². The molecule has 0 aliphatic rings. The van der Waals surface area contributed by atoms with Crippen molar-refractivity contribution in [2.75, 3.05) is 5.75 Å². The van der Waals surface area contributed by atoms with Gasteiger partial charge in [0.1, 0.15) is 0 Å². The Morgan fingerprint density at radius 2 is 1.91 bits per heavy atom. The van der Waals surface area contributed by atoms with Crippen molar-refractivity contribution < 1.29 is 19.8 Å². The number of carboxylic acid groups (broad SMARTS) is 2. The summed E-state index contributed by atoms with van der Waals surface area (Å²) in [5.74, 6) is 0.0896. The molecule has 0 bridgehead atoms. The van der Waals surface area contributed by atoms with Crippen LogP contribution in [0.2, 0.25) is 0 Å². The molecule has 64 valence electrons. The normalized spacial score (nSPS) is 12.5. The molecule has 0 aliphatic heterocycles. The summed E-state index contributed by atoms with van der Waals surface area (Å²) in [6, 6.07) is 0. The van der Waals surface area contributed by atoms with Gasteiger partial charge in [-0.2, -0.15) is 0 Å². The highest BCUT2D eigenvalue weighted by molar-refractivity contribution is 8.16. The Bertz CT molecular complexity index is 162. The zero-order valence-electron chi connectivity index (χ0n) is 5.39. The maximum Gasteiger partial charge on any atom is 0.366 e. The summed E-state index contributed by atoms with van der Waals surface area (Å²) in [5.41, 5.74) is 5.22. The van der Waals surface area contributed by atoms with E-state index < -0.39 is 16.0 Å². The van der Waals surface area contributed by atoms with E-state index >= 15 is 0 Å². The smallest absolute Gasteiger partial charge is 0.366 e. The molecular formula is C4H7NO4S2. The van der Waals surface area contributed by atoms with Crippen molar-refractivity contribution in [3.05, 3.63) is 0 Å². The van der Waals surface area contributed by atoms with Crippen LogP contribution in [-0.4, -0.2) is 31.9 Å². The largest absolute Gasteiger partial charge is 0.473 e. The van der Waals surface area contributed by atoms with E-state index in [1.807, 2.05) is 0 Å². The second-order valence-electron chi connectivity index (χ2n) is 1.50. The summed E-state index contributed by atoms with van der Waals surface area (Å²) in [6.45, 7) is 0. The Balaban J connectivity index is 3.44. The molecule has 5 nitrogen and oxygen atoms in total. The van der Waals surface area contributed by atoms with Crippen LogP contribution in [0.5, 0.6) is 0 Å². The zero-order valence-corrected chi connectivity index (χ0v) is 7.02. The summed E-state index contributed by atoms with van der Waals surface area (Å²) in [5, 5.41) is 13.5. The average molecular weight is 197 g/mol. The van der Waals surface area contributed by atoms with Crippen molar-refractivity contribution >= 4 is 34.1 Å². The number of thioether (sulfide) groups is 2. The molecule has 0 radical (unpaired) electrons. The summed E-state index contributed by atoms with van der Waals surface area (Å²) < 4.78 is 0. The second-order valence-corrected chi connectivity index (χ2v) is 3.66. The third-order valence-electron chi connectivity index (χ3n) is 0.623. The van der Waals surface area contributed by atoms with E-state index in [1.165, 1.54) is 0 Å². The number of rotatable bonds is 3. The van der Waals surface area contributed by atoms with Gasteiger partial charge in [0.05, 0.1) is 5.37 Å². The van der Waals surface area contributed by atoms with Crippen molar-refractivity contribution in [2.45, 2.75) is 5.37 Å². The minimum Gasteiger partial charge on any atom is -0.473 e. The van der Waals surface area contributed by atoms with Crippen molar-refractivity contribution in [3.63, 3.8) is 0 Å². The lowest BCUT2D eigenvalue weighted by molar-refractivity contribution is 0.221. The fourth-order valence-corrected chi connectivity index (χ4v) is 1.36. The van der Waals surface area contributed by atoms with E-state index in [4.69, 9.17) is 15.9 Å². The van der Waals surface area contributed by atoms with Gasteiger partial charge >= 0.3 is 10.6 Å². The van der Waals surface area contributed by atoms with Crippen LogP contribution < -0.4 is 5.73 Å². The van der Waals surface area contributed by atoms with Gasteiger partial charge in [0, 0.05) is 5.75 Å². The Kier molecular flexibility index (Phi) is 5.08. The summed E-state index contributed by atoms with van der Waals surface area (Å²) in [4.78, 5) is 19.9. The van der Waals surface area contributed by atoms with Crippen molar-refractivity contribution in [2.24, 2.45) is 5.73 Å². The van der Waals surface area contributed by atoms with Crippen LogP contribution in [0, 0.1) is 0 Å². The standard InChI is InChI=1S/C4H7NO4S2/c5-2(11-4(8)9)1-10-3(6)7/h2H,1,5H2,(H,6,7)(H,8,9). The molecule has 0 aromatic carbocycles. The van der Waals surface area contributed by atoms with Crippen molar-refractivity contribution in [1.82, 2.24) is 0 Å². The maximum absolute atomic E-state index is 9.98. The second kappa shape index (κ2) is 5.28. The highest BCUT2D eigenvalue weighted by Gasteiger charge is 2.10. The molecule has 0 aromatic rings. The van der Waals surface area contributed by atoms with Crippen LogP contribution in [0.4, 0.5) is 9.59 Å². The third-order valence-corrected chi connectivity index (χ3v) is 2.28. The fraction of sp³-hybridized carbons (Fsp3) is 0.500. The van der Waals surface area contributed by atoms with E-state index in [0.717, 1.165) is 0 Å². The first-order chi connectivity index (χ1) is 5.02. The third kappa shape index (κ3) is 7.50. The molecule has 0 saturated carbocycles. The fourth-order valence-electron chi connectivity index (χ4n) is 0.317. The number of carbonyl (C=O) groups is 2. The van der Waals surface area contributed by atoms with Gasteiger partial charge in [-0.25, -0.2) is 9.59 Å². The molecule has 0 fully saturated rings. The minimum atomic E-state index is -1.09. The summed E-state index contributed by atoms with van der Waals surface area (Å²) in [6.07, 6.45) is 0. The highest BCUT2D eigenvalue weighted by atomic mass is 32.2. The molecule has 1 unspecified atom stereocenters. The monoisotopic (exact) mass is 197 g/mol. The lowest BCUT2D eigenvalue weighted by Gasteiger charge is -2.03. The predicted octanol–water partition coefficient (Wildman–Crippen LogP) is 1.09. The van der Waals surface area contributed by atoms with E-state index in [-0.39, 0.29) is 5.75 Å². The first-order valence-corrected chi connectivity index (χ1v) is 4.39. The molecule has 0 aliphatic carbocycles. The lowest BCUT2D eigenvalue weighted by atomic mass is 10.8. The zero-order chi connectivity index (χ0) is 8.85. The van der Waals surface area contributed by atoms with Gasteiger partial charge in [0.2, 0.25) is 0 Å². The molecule has 1 atom stereocenters. The number of nitrogens with two attached hydrogens (primary N) is 1. The molecule has 4 N–H and O–H groups in total. The van der Waals surface area contributed by atoms with Gasteiger partial charge in [0.25, 0.3) is 0 Å². The Labute approximate surface area is 71.3 Å². The van der Waals surface area contributed by atoms with Gasteiger partial charge in [-0.15, -0.1) is 0 Å². The lowest BCUT2D eigenvalue weighted by Crippen LogP contribution is -2.20. The molecule has 0 saturated heterocycles. The SMILES string of the molecule is NC(CSC(=O)O)SC(=O)O. The van der Waals surface area contributed by atoms with E-state index in [0.29, 0.717) is 23.5 Å². The first-order valence-electron chi connectivity index (χ1n) is 2.53. The van der Waals surface area contributed by atoms with Crippen LogP contribution in [0.3, 0.4) is 0 Å². The molecule has 7 heteroatoms. The van der Waals surface area contributed by atoms with Crippen LogP contribution in [-0.2, 0) is 0 Å². The van der Waals surface area contributed by atoms with Gasteiger partial charge in [0.15, 0.2) is 0 Å². The molecule has 11 heavy (non-hydrogen) atoms. The first kappa shape index (κ1) is 10.6. The maximum atomic E-state index is 9.98. The predicted molar refractivity (Wildman–Crippen MR) is 44.1 cm³/mol. The Hall–Kier alpha value is -0.400. The summed E-state index contributed by atoms with van der Waals surface area (Å²) in [7, 11) is 0. The van der Waals surface area contributed by atoms with Crippen molar-refractivity contribution in [3.8, 4) is 0 Å². The highest BCUT2D eigenvalue weighted by Crippen LogP contribution is 2.12. The topological polar surface area (TPSA) is 101 Å². The quantitative estimate of drug-likeness (QED) is 0.582. The average Bonchev–Trinajstić information content (AvgIpc) is 1.82. The van der Waals surface area contributed by atoms with Gasteiger partial charge in [-0.3, -0.25) is 0 Å². The number of hydrogen-bond donors (Lipinski definition) is 3. The van der Waals surface area contributed by atoms with Gasteiger partial charge < -0.3 is 15.9 Å². The molecule has 0 spiro atoms. The molecule has 0 aromatic heterocycles. The Morgan fingerprint density at radius 1 is 1.36 bits per heavy atom. The molecule has 0 amide bonds. The molecule has 0 rings (SSSR count). The molecular weight excluding hydrogens is 190 g/mol.